The summed E-state index contributed by atoms with van der Waals surface area (Å²) in [5.74, 6) is -0.950. The zero-order chi connectivity index (χ0) is 11.6. The van der Waals surface area contributed by atoms with Crippen LogP contribution in [0.2, 0.25) is 0 Å². The number of amides is 2. The molecule has 0 saturated carbocycles. The molecule has 1 fully saturated rings. The van der Waals surface area contributed by atoms with Gasteiger partial charge in [-0.25, -0.2) is 9.59 Å². The third-order valence-electron chi connectivity index (χ3n) is 2.95. The van der Waals surface area contributed by atoms with E-state index in [0.29, 0.717) is 6.54 Å². The fourth-order valence-corrected chi connectivity index (χ4v) is 1.86. The first-order valence-corrected chi connectivity index (χ1v) is 5.25. The molecule has 0 aliphatic carbocycles. The quantitative estimate of drug-likeness (QED) is 0.759. The molecule has 0 aromatic heterocycles. The van der Waals surface area contributed by atoms with E-state index in [1.54, 1.807) is 18.9 Å². The van der Waals surface area contributed by atoms with Crippen molar-refractivity contribution in [2.45, 2.75) is 38.8 Å². The highest BCUT2D eigenvalue weighted by Crippen LogP contribution is 2.20. The molecule has 0 radical (unpaired) electrons. The van der Waals surface area contributed by atoms with Crippen molar-refractivity contribution in [1.29, 1.82) is 0 Å². The van der Waals surface area contributed by atoms with Crippen molar-refractivity contribution in [2.75, 3.05) is 13.6 Å². The van der Waals surface area contributed by atoms with Crippen molar-refractivity contribution in [3.05, 3.63) is 0 Å². The van der Waals surface area contributed by atoms with Crippen LogP contribution < -0.4 is 0 Å². The fraction of sp³-hybridized carbons (Fsp3) is 0.800. The molecular formula is C10H18N2O3. The van der Waals surface area contributed by atoms with Gasteiger partial charge in [0.25, 0.3) is 0 Å². The number of carbonyl (C=O) groups excluding carboxylic acids is 1. The van der Waals surface area contributed by atoms with E-state index >= 15 is 0 Å². The van der Waals surface area contributed by atoms with E-state index in [9.17, 15) is 9.59 Å². The van der Waals surface area contributed by atoms with Gasteiger partial charge in [-0.05, 0) is 13.3 Å². The Morgan fingerprint density at radius 2 is 2.27 bits per heavy atom. The van der Waals surface area contributed by atoms with Gasteiger partial charge in [-0.15, -0.1) is 0 Å². The van der Waals surface area contributed by atoms with Crippen LogP contribution in [-0.4, -0.2) is 52.6 Å². The molecule has 86 valence electrons. The van der Waals surface area contributed by atoms with Crippen molar-refractivity contribution in [1.82, 2.24) is 9.80 Å². The number of aliphatic carboxylic acids is 1. The van der Waals surface area contributed by atoms with E-state index in [0.717, 1.165) is 12.8 Å². The number of likely N-dealkylation sites (N-methyl/N-ethyl adjacent to an activating group) is 1. The molecule has 1 saturated heterocycles. The van der Waals surface area contributed by atoms with Gasteiger partial charge in [0.1, 0.15) is 6.04 Å². The summed E-state index contributed by atoms with van der Waals surface area (Å²) in [6, 6.07) is -0.755. The first-order chi connectivity index (χ1) is 6.99. The second-order valence-electron chi connectivity index (χ2n) is 4.00. The summed E-state index contributed by atoms with van der Waals surface area (Å²) in [6.45, 7) is 4.13. The lowest BCUT2D eigenvalue weighted by Crippen LogP contribution is -2.41. The summed E-state index contributed by atoms with van der Waals surface area (Å²) in [6.07, 6.45) is 1.92. The molecule has 1 rings (SSSR count). The van der Waals surface area contributed by atoms with Gasteiger partial charge in [-0.1, -0.05) is 13.3 Å². The number of hydrogen-bond donors (Lipinski definition) is 1. The maximum absolute atomic E-state index is 11.7. The average molecular weight is 214 g/mol. The van der Waals surface area contributed by atoms with Gasteiger partial charge in [-0.3, -0.25) is 0 Å². The normalized spacial score (nSPS) is 23.4. The smallest absolute Gasteiger partial charge is 0.326 e. The molecule has 0 aromatic rings. The lowest BCUT2D eigenvalue weighted by molar-refractivity contribution is -0.141. The van der Waals surface area contributed by atoms with E-state index in [1.807, 2.05) is 0 Å². The predicted octanol–water partition coefficient (Wildman–Crippen LogP) is 0.996. The lowest BCUT2D eigenvalue weighted by Gasteiger charge is -2.19. The van der Waals surface area contributed by atoms with Crippen molar-refractivity contribution in [3.63, 3.8) is 0 Å². The van der Waals surface area contributed by atoms with E-state index in [4.69, 9.17) is 5.11 Å². The molecule has 0 aromatic carbocycles. The van der Waals surface area contributed by atoms with Crippen LogP contribution in [0.1, 0.15) is 26.7 Å². The van der Waals surface area contributed by atoms with Gasteiger partial charge in [0.15, 0.2) is 0 Å². The minimum absolute atomic E-state index is 0.157. The molecule has 15 heavy (non-hydrogen) atoms. The van der Waals surface area contributed by atoms with Crippen LogP contribution in [0, 0.1) is 0 Å². The molecule has 5 heteroatoms. The summed E-state index contributed by atoms with van der Waals surface area (Å²) in [7, 11) is 1.73. The maximum Gasteiger partial charge on any atom is 0.326 e. The van der Waals surface area contributed by atoms with Crippen LogP contribution in [0.4, 0.5) is 4.79 Å². The van der Waals surface area contributed by atoms with Crippen molar-refractivity contribution in [2.24, 2.45) is 0 Å². The Kier molecular flexibility index (Phi) is 3.55. The Morgan fingerprint density at radius 1 is 1.67 bits per heavy atom. The molecule has 1 aliphatic rings. The van der Waals surface area contributed by atoms with Gasteiger partial charge in [-0.2, -0.15) is 0 Å². The third kappa shape index (κ3) is 2.22. The number of hydrogen-bond acceptors (Lipinski definition) is 2. The predicted molar refractivity (Wildman–Crippen MR) is 55.7 cm³/mol. The SMILES string of the molecule is CCCC1CN(C(C)C(=O)O)C(=O)N1C. The Bertz CT molecular complexity index is 267. The molecule has 1 aliphatic heterocycles. The van der Waals surface area contributed by atoms with E-state index in [1.165, 1.54) is 4.90 Å². The van der Waals surface area contributed by atoms with Crippen LogP contribution in [-0.2, 0) is 4.79 Å². The standard InChI is InChI=1S/C10H18N2O3/c1-4-5-8-6-12(7(2)9(13)14)10(15)11(8)3/h7-8H,4-6H2,1-3H3,(H,13,14). The average Bonchev–Trinajstić information content (AvgIpc) is 2.45. The van der Waals surface area contributed by atoms with Crippen LogP contribution in [0.5, 0.6) is 0 Å². The summed E-state index contributed by atoms with van der Waals surface area (Å²) in [5.41, 5.74) is 0. The molecule has 2 unspecified atom stereocenters. The largest absolute Gasteiger partial charge is 0.480 e. The van der Waals surface area contributed by atoms with Crippen LogP contribution in [0.25, 0.3) is 0 Å². The highest BCUT2D eigenvalue weighted by Gasteiger charge is 2.38. The van der Waals surface area contributed by atoms with Gasteiger partial charge < -0.3 is 14.9 Å². The summed E-state index contributed by atoms with van der Waals surface area (Å²) in [4.78, 5) is 25.6. The van der Waals surface area contributed by atoms with Gasteiger partial charge >= 0.3 is 12.0 Å². The lowest BCUT2D eigenvalue weighted by atomic mass is 10.1. The summed E-state index contributed by atoms with van der Waals surface area (Å²) in [5, 5.41) is 8.85. The molecular weight excluding hydrogens is 196 g/mol. The first-order valence-electron chi connectivity index (χ1n) is 5.25. The van der Waals surface area contributed by atoms with E-state index < -0.39 is 12.0 Å². The van der Waals surface area contributed by atoms with Gasteiger partial charge in [0.2, 0.25) is 0 Å². The highest BCUT2D eigenvalue weighted by atomic mass is 16.4. The van der Waals surface area contributed by atoms with Crippen molar-refractivity contribution in [3.8, 4) is 0 Å². The number of urea groups is 1. The molecule has 0 bridgehead atoms. The molecule has 0 spiro atoms. The Hall–Kier alpha value is -1.26. The topological polar surface area (TPSA) is 60.9 Å². The minimum atomic E-state index is -0.950. The van der Waals surface area contributed by atoms with Gasteiger partial charge in [0, 0.05) is 13.6 Å². The van der Waals surface area contributed by atoms with Gasteiger partial charge in [0.05, 0.1) is 6.04 Å². The molecule has 1 heterocycles. The number of carbonyl (C=O) groups is 2. The second-order valence-corrected chi connectivity index (χ2v) is 4.00. The fourth-order valence-electron chi connectivity index (χ4n) is 1.86. The maximum atomic E-state index is 11.7. The zero-order valence-electron chi connectivity index (χ0n) is 9.43. The van der Waals surface area contributed by atoms with E-state index in [2.05, 4.69) is 6.92 Å². The van der Waals surface area contributed by atoms with Crippen LogP contribution >= 0.6 is 0 Å². The molecule has 2 atom stereocenters. The first kappa shape index (κ1) is 11.8. The second kappa shape index (κ2) is 4.51. The third-order valence-corrected chi connectivity index (χ3v) is 2.95. The minimum Gasteiger partial charge on any atom is -0.480 e. The number of nitrogens with zero attached hydrogens (tertiary/aromatic N) is 2. The van der Waals surface area contributed by atoms with Crippen molar-refractivity contribution < 1.29 is 14.7 Å². The summed E-state index contributed by atoms with van der Waals surface area (Å²) >= 11 is 0. The zero-order valence-corrected chi connectivity index (χ0v) is 9.43. The monoisotopic (exact) mass is 214 g/mol. The van der Waals surface area contributed by atoms with E-state index in [-0.39, 0.29) is 12.1 Å². The Labute approximate surface area is 89.7 Å². The van der Waals surface area contributed by atoms with Crippen LogP contribution in [0.3, 0.4) is 0 Å². The Morgan fingerprint density at radius 3 is 2.73 bits per heavy atom. The summed E-state index contributed by atoms with van der Waals surface area (Å²) < 4.78 is 0. The van der Waals surface area contributed by atoms with Crippen LogP contribution in [0.15, 0.2) is 0 Å². The van der Waals surface area contributed by atoms with Crippen molar-refractivity contribution >= 4 is 12.0 Å². The molecule has 1 N–H and O–H groups in total. The number of rotatable bonds is 4. The molecule has 5 nitrogen and oxygen atoms in total. The molecule has 2 amide bonds. The number of carboxylic acid groups (broad SMARTS) is 1. The highest BCUT2D eigenvalue weighted by molar-refractivity contribution is 5.83. The number of carboxylic acids is 1. The Balaban J connectivity index is 2.70.